The molecule has 1 aromatic carbocycles. The fourth-order valence-corrected chi connectivity index (χ4v) is 2.67. The normalized spacial score (nSPS) is 10.9. The van der Waals surface area contributed by atoms with Gasteiger partial charge in [0.2, 0.25) is 0 Å². The van der Waals surface area contributed by atoms with Crippen LogP contribution in [0.3, 0.4) is 0 Å². The summed E-state index contributed by atoms with van der Waals surface area (Å²) < 4.78 is 0. The summed E-state index contributed by atoms with van der Waals surface area (Å²) in [6.45, 7) is 4.48. The number of phenols is 1. The quantitative estimate of drug-likeness (QED) is 0.489. The van der Waals surface area contributed by atoms with E-state index in [0.717, 1.165) is 18.4 Å². The van der Waals surface area contributed by atoms with Gasteiger partial charge in [0, 0.05) is 0 Å². The molecule has 0 aliphatic rings. The zero-order valence-corrected chi connectivity index (χ0v) is 13.5. The molecule has 0 saturated carbocycles. The summed E-state index contributed by atoms with van der Waals surface area (Å²) in [5.41, 5.74) is 2.53. The van der Waals surface area contributed by atoms with Crippen molar-refractivity contribution in [2.75, 3.05) is 0 Å². The van der Waals surface area contributed by atoms with Crippen LogP contribution in [0.15, 0.2) is 18.2 Å². The van der Waals surface area contributed by atoms with Crippen LogP contribution < -0.4 is 0 Å². The second-order valence-corrected chi connectivity index (χ2v) is 5.94. The highest BCUT2D eigenvalue weighted by Crippen LogP contribution is 2.22. The fourth-order valence-electron chi connectivity index (χ4n) is 2.67. The standard InChI is InChI=1S/C19H32O/c1-3-5-7-8-9-11-12-17-14-15-19(20)18(16-17)13-10-6-4-2/h14-16,20H,3-13H2,1-2H3. The minimum absolute atomic E-state index is 0.479. The summed E-state index contributed by atoms with van der Waals surface area (Å²) in [4.78, 5) is 0. The molecule has 0 aromatic heterocycles. The number of hydrogen-bond acceptors (Lipinski definition) is 1. The minimum Gasteiger partial charge on any atom is -0.508 e. The number of hydrogen-bond donors (Lipinski definition) is 1. The Morgan fingerprint density at radius 2 is 1.35 bits per heavy atom. The van der Waals surface area contributed by atoms with Crippen LogP contribution in [0, 0.1) is 0 Å². The topological polar surface area (TPSA) is 20.2 Å². The van der Waals surface area contributed by atoms with Gasteiger partial charge in [-0.05, 0) is 42.9 Å². The number of phenolic OH excluding ortho intramolecular Hbond substituents is 1. The summed E-state index contributed by atoms with van der Waals surface area (Å²) in [5.74, 6) is 0.479. The van der Waals surface area contributed by atoms with Crippen molar-refractivity contribution in [3.05, 3.63) is 29.3 Å². The molecule has 0 atom stereocenters. The van der Waals surface area contributed by atoms with Crippen molar-refractivity contribution < 1.29 is 5.11 Å². The largest absolute Gasteiger partial charge is 0.508 e. The third kappa shape index (κ3) is 6.98. The van der Waals surface area contributed by atoms with Gasteiger partial charge >= 0.3 is 0 Å². The molecule has 1 aromatic rings. The Hall–Kier alpha value is -0.980. The lowest BCUT2D eigenvalue weighted by atomic mass is 10.00. The van der Waals surface area contributed by atoms with Gasteiger partial charge in [0.15, 0.2) is 0 Å². The predicted molar refractivity (Wildman–Crippen MR) is 88.4 cm³/mol. The molecular weight excluding hydrogens is 244 g/mol. The lowest BCUT2D eigenvalue weighted by molar-refractivity contribution is 0.466. The zero-order chi connectivity index (χ0) is 14.6. The van der Waals surface area contributed by atoms with Crippen molar-refractivity contribution in [1.29, 1.82) is 0 Å². The molecule has 114 valence electrons. The molecule has 0 heterocycles. The van der Waals surface area contributed by atoms with E-state index in [1.54, 1.807) is 0 Å². The fraction of sp³-hybridized carbons (Fsp3) is 0.684. The second-order valence-electron chi connectivity index (χ2n) is 5.94. The van der Waals surface area contributed by atoms with Crippen LogP contribution in [0.1, 0.15) is 82.8 Å². The molecule has 0 aliphatic carbocycles. The van der Waals surface area contributed by atoms with E-state index in [0.29, 0.717) is 5.75 Å². The Bertz CT molecular complexity index is 357. The van der Waals surface area contributed by atoms with E-state index in [-0.39, 0.29) is 0 Å². The van der Waals surface area contributed by atoms with Gasteiger partial charge in [0.25, 0.3) is 0 Å². The van der Waals surface area contributed by atoms with Crippen molar-refractivity contribution in [3.8, 4) is 5.75 Å². The average Bonchev–Trinajstić information content (AvgIpc) is 2.46. The van der Waals surface area contributed by atoms with E-state index < -0.39 is 0 Å². The molecule has 0 amide bonds. The first-order valence-electron chi connectivity index (χ1n) is 8.58. The molecule has 0 fully saturated rings. The third-order valence-corrected chi connectivity index (χ3v) is 4.01. The van der Waals surface area contributed by atoms with E-state index in [1.165, 1.54) is 63.4 Å². The van der Waals surface area contributed by atoms with E-state index >= 15 is 0 Å². The highest BCUT2D eigenvalue weighted by molar-refractivity contribution is 5.36. The monoisotopic (exact) mass is 276 g/mol. The number of unbranched alkanes of at least 4 members (excludes halogenated alkanes) is 7. The lowest BCUT2D eigenvalue weighted by Gasteiger charge is -2.08. The Morgan fingerprint density at radius 3 is 2.10 bits per heavy atom. The zero-order valence-electron chi connectivity index (χ0n) is 13.5. The lowest BCUT2D eigenvalue weighted by Crippen LogP contribution is -1.92. The smallest absolute Gasteiger partial charge is 0.118 e. The van der Waals surface area contributed by atoms with Crippen LogP contribution in [0.5, 0.6) is 5.75 Å². The first-order chi connectivity index (χ1) is 9.77. The predicted octanol–water partition coefficient (Wildman–Crippen LogP) is 6.03. The van der Waals surface area contributed by atoms with Gasteiger partial charge in [-0.1, -0.05) is 70.9 Å². The summed E-state index contributed by atoms with van der Waals surface area (Å²) >= 11 is 0. The van der Waals surface area contributed by atoms with Crippen LogP contribution in [0.4, 0.5) is 0 Å². The summed E-state index contributed by atoms with van der Waals surface area (Å²) in [6, 6.07) is 6.19. The molecule has 0 unspecified atom stereocenters. The first kappa shape index (κ1) is 17.1. The van der Waals surface area contributed by atoms with Crippen molar-refractivity contribution in [2.24, 2.45) is 0 Å². The molecule has 1 rings (SSSR count). The molecule has 1 N–H and O–H groups in total. The highest BCUT2D eigenvalue weighted by atomic mass is 16.3. The SMILES string of the molecule is CCCCCCCCc1ccc(O)c(CCCCC)c1. The van der Waals surface area contributed by atoms with Crippen LogP contribution in [-0.2, 0) is 12.8 Å². The molecule has 0 spiro atoms. The molecule has 20 heavy (non-hydrogen) atoms. The summed E-state index contributed by atoms with van der Waals surface area (Å²) in [6.07, 6.45) is 13.9. The Labute approximate surface area is 125 Å². The number of rotatable bonds is 11. The van der Waals surface area contributed by atoms with Crippen LogP contribution in [0.2, 0.25) is 0 Å². The average molecular weight is 276 g/mol. The van der Waals surface area contributed by atoms with Crippen molar-refractivity contribution in [3.63, 3.8) is 0 Å². The molecule has 0 saturated heterocycles. The molecular formula is C19H32O. The molecule has 1 nitrogen and oxygen atoms in total. The third-order valence-electron chi connectivity index (χ3n) is 4.01. The Balaban J connectivity index is 2.32. The van der Waals surface area contributed by atoms with E-state index in [2.05, 4.69) is 26.0 Å². The summed E-state index contributed by atoms with van der Waals surface area (Å²) in [7, 11) is 0. The van der Waals surface area contributed by atoms with Gasteiger partial charge in [0.1, 0.15) is 5.75 Å². The first-order valence-corrected chi connectivity index (χ1v) is 8.58. The van der Waals surface area contributed by atoms with Gasteiger partial charge in [-0.3, -0.25) is 0 Å². The minimum atomic E-state index is 0.479. The van der Waals surface area contributed by atoms with E-state index in [1.807, 2.05) is 6.07 Å². The Morgan fingerprint density at radius 1 is 0.750 bits per heavy atom. The van der Waals surface area contributed by atoms with Gasteiger partial charge in [-0.15, -0.1) is 0 Å². The van der Waals surface area contributed by atoms with Gasteiger partial charge in [-0.2, -0.15) is 0 Å². The number of aromatic hydroxyl groups is 1. The van der Waals surface area contributed by atoms with Crippen molar-refractivity contribution in [2.45, 2.75) is 84.5 Å². The van der Waals surface area contributed by atoms with Gasteiger partial charge < -0.3 is 5.11 Å². The van der Waals surface area contributed by atoms with Crippen LogP contribution in [-0.4, -0.2) is 5.11 Å². The maximum absolute atomic E-state index is 9.90. The molecule has 1 heteroatoms. The van der Waals surface area contributed by atoms with Crippen molar-refractivity contribution in [1.82, 2.24) is 0 Å². The molecule has 0 bridgehead atoms. The van der Waals surface area contributed by atoms with Crippen LogP contribution in [0.25, 0.3) is 0 Å². The molecule has 0 radical (unpaired) electrons. The summed E-state index contributed by atoms with van der Waals surface area (Å²) in [5, 5.41) is 9.90. The maximum Gasteiger partial charge on any atom is 0.118 e. The van der Waals surface area contributed by atoms with Gasteiger partial charge in [0.05, 0.1) is 0 Å². The van der Waals surface area contributed by atoms with Gasteiger partial charge in [-0.25, -0.2) is 0 Å². The van der Waals surface area contributed by atoms with E-state index in [9.17, 15) is 5.11 Å². The molecule has 0 aliphatic heterocycles. The van der Waals surface area contributed by atoms with Crippen molar-refractivity contribution >= 4 is 0 Å². The van der Waals surface area contributed by atoms with E-state index in [4.69, 9.17) is 0 Å². The second kappa shape index (κ2) is 10.8. The van der Waals surface area contributed by atoms with Crippen LogP contribution >= 0.6 is 0 Å². The Kier molecular flexibility index (Phi) is 9.19. The number of benzene rings is 1. The maximum atomic E-state index is 9.90. The highest BCUT2D eigenvalue weighted by Gasteiger charge is 2.03. The number of aryl methyl sites for hydroxylation is 2.